The normalized spacial score (nSPS) is 17.0. The van der Waals surface area contributed by atoms with E-state index in [1.165, 1.54) is 30.7 Å². The van der Waals surface area contributed by atoms with E-state index in [1.54, 1.807) is 24.3 Å². The van der Waals surface area contributed by atoms with E-state index < -0.39 is 22.0 Å². The van der Waals surface area contributed by atoms with E-state index in [4.69, 9.17) is 9.47 Å². The highest BCUT2D eigenvalue weighted by atomic mass is 79.9. The second-order valence-electron chi connectivity index (χ2n) is 6.34. The van der Waals surface area contributed by atoms with Gasteiger partial charge < -0.3 is 14.6 Å². The van der Waals surface area contributed by atoms with Crippen LogP contribution in [0.3, 0.4) is 0 Å². The van der Waals surface area contributed by atoms with Crippen LogP contribution in [0.25, 0.3) is 0 Å². The molecular formula is C19H20BrNO6S. The lowest BCUT2D eigenvalue weighted by molar-refractivity contribution is -0.138. The van der Waals surface area contributed by atoms with E-state index in [9.17, 15) is 18.3 Å². The highest BCUT2D eigenvalue weighted by Crippen LogP contribution is 2.41. The number of methoxy groups -OCH3 is 2. The van der Waals surface area contributed by atoms with Crippen molar-refractivity contribution in [2.24, 2.45) is 0 Å². The number of aliphatic carboxylic acids is 1. The minimum absolute atomic E-state index is 0.120. The topological polar surface area (TPSA) is 93.1 Å². The third-order valence-electron chi connectivity index (χ3n) is 4.74. The number of ether oxygens (including phenoxy) is 2. The minimum atomic E-state index is -3.87. The van der Waals surface area contributed by atoms with Crippen LogP contribution in [0.4, 0.5) is 0 Å². The van der Waals surface area contributed by atoms with Gasteiger partial charge in [0.25, 0.3) is 0 Å². The molecule has 1 aliphatic heterocycles. The molecule has 1 N–H and O–H groups in total. The zero-order valence-electron chi connectivity index (χ0n) is 15.4. The number of hydrogen-bond acceptors (Lipinski definition) is 5. The minimum Gasteiger partial charge on any atom is -0.493 e. The standard InChI is InChI=1S/C19H20BrNO6S/c1-26-17-9-12-7-8-21(28(24,25)14-5-3-13(20)4-6-14)16(11-19(22)23)15(12)10-18(17)27-2/h3-6,9-10,16H,7-8,11H2,1-2H3,(H,22,23)/t16-/m0/s1. The Morgan fingerprint density at radius 2 is 1.79 bits per heavy atom. The Hall–Kier alpha value is -2.10. The van der Waals surface area contributed by atoms with Gasteiger partial charge in [0, 0.05) is 11.0 Å². The summed E-state index contributed by atoms with van der Waals surface area (Å²) >= 11 is 3.29. The molecule has 9 heteroatoms. The fraction of sp³-hybridized carbons (Fsp3) is 0.316. The van der Waals surface area contributed by atoms with E-state index in [2.05, 4.69) is 15.9 Å². The van der Waals surface area contributed by atoms with Crippen molar-refractivity contribution in [2.45, 2.75) is 23.8 Å². The van der Waals surface area contributed by atoms with Crippen LogP contribution < -0.4 is 9.47 Å². The average Bonchev–Trinajstić information content (AvgIpc) is 2.66. The number of rotatable bonds is 6. The van der Waals surface area contributed by atoms with Gasteiger partial charge >= 0.3 is 5.97 Å². The Kier molecular flexibility index (Phi) is 5.97. The Balaban J connectivity index is 2.10. The predicted molar refractivity (Wildman–Crippen MR) is 106 cm³/mol. The second kappa shape index (κ2) is 8.10. The molecule has 0 aliphatic carbocycles. The number of hydrogen-bond donors (Lipinski definition) is 1. The Bertz CT molecular complexity index is 990. The van der Waals surface area contributed by atoms with Crippen molar-refractivity contribution in [3.63, 3.8) is 0 Å². The maximum atomic E-state index is 13.2. The van der Waals surface area contributed by atoms with Crippen molar-refractivity contribution in [1.29, 1.82) is 0 Å². The number of sulfonamides is 1. The predicted octanol–water partition coefficient (Wildman–Crippen LogP) is 3.23. The van der Waals surface area contributed by atoms with E-state index >= 15 is 0 Å². The monoisotopic (exact) mass is 469 g/mol. The molecule has 0 saturated carbocycles. The molecule has 1 aliphatic rings. The highest BCUT2D eigenvalue weighted by Gasteiger charge is 2.38. The van der Waals surface area contributed by atoms with Gasteiger partial charge in [-0.3, -0.25) is 4.79 Å². The summed E-state index contributed by atoms with van der Waals surface area (Å²) in [4.78, 5) is 11.6. The van der Waals surface area contributed by atoms with Gasteiger partial charge in [0.15, 0.2) is 11.5 Å². The van der Waals surface area contributed by atoms with Crippen molar-refractivity contribution in [1.82, 2.24) is 4.31 Å². The number of carboxylic acids is 1. The molecule has 0 radical (unpaired) electrons. The summed E-state index contributed by atoms with van der Waals surface area (Å²) in [7, 11) is -0.873. The third-order valence-corrected chi connectivity index (χ3v) is 7.19. The van der Waals surface area contributed by atoms with E-state index in [0.717, 1.165) is 10.0 Å². The molecule has 0 amide bonds. The molecule has 0 bridgehead atoms. The first-order chi connectivity index (χ1) is 13.3. The lowest BCUT2D eigenvalue weighted by atomic mass is 9.92. The van der Waals surface area contributed by atoms with Crippen LogP contribution in [-0.2, 0) is 21.2 Å². The van der Waals surface area contributed by atoms with Crippen molar-refractivity contribution >= 4 is 31.9 Å². The fourth-order valence-electron chi connectivity index (χ4n) is 3.41. The number of fused-ring (bicyclic) bond motifs is 1. The van der Waals surface area contributed by atoms with Gasteiger partial charge in [0.1, 0.15) is 0 Å². The molecule has 1 atom stereocenters. The molecule has 0 aromatic heterocycles. The number of carbonyl (C=O) groups is 1. The maximum Gasteiger partial charge on any atom is 0.305 e. The summed E-state index contributed by atoms with van der Waals surface area (Å²) in [6.45, 7) is 0.179. The van der Waals surface area contributed by atoms with Crippen LogP contribution in [-0.4, -0.2) is 44.6 Å². The number of nitrogens with zero attached hydrogens (tertiary/aromatic N) is 1. The lowest BCUT2D eigenvalue weighted by Gasteiger charge is -2.36. The van der Waals surface area contributed by atoms with Crippen molar-refractivity contribution < 1.29 is 27.8 Å². The number of benzene rings is 2. The molecule has 0 unspecified atom stereocenters. The summed E-state index contributed by atoms with van der Waals surface area (Å²) in [5.41, 5.74) is 1.47. The van der Waals surface area contributed by atoms with Crippen LogP contribution in [0, 0.1) is 0 Å². The van der Waals surface area contributed by atoms with Gasteiger partial charge in [-0.2, -0.15) is 4.31 Å². The largest absolute Gasteiger partial charge is 0.493 e. The molecule has 1 heterocycles. The first-order valence-corrected chi connectivity index (χ1v) is 10.7. The quantitative estimate of drug-likeness (QED) is 0.697. The van der Waals surface area contributed by atoms with Crippen LogP contribution in [0.15, 0.2) is 45.8 Å². The molecule has 28 heavy (non-hydrogen) atoms. The summed E-state index contributed by atoms with van der Waals surface area (Å²) in [6, 6.07) is 8.91. The van der Waals surface area contributed by atoms with Crippen molar-refractivity contribution in [3.8, 4) is 11.5 Å². The molecule has 0 spiro atoms. The molecule has 2 aromatic rings. The van der Waals surface area contributed by atoms with E-state index in [-0.39, 0.29) is 17.9 Å². The van der Waals surface area contributed by atoms with Gasteiger partial charge in [-0.25, -0.2) is 8.42 Å². The van der Waals surface area contributed by atoms with Gasteiger partial charge in [0.05, 0.1) is 31.6 Å². The van der Waals surface area contributed by atoms with Crippen LogP contribution in [0.1, 0.15) is 23.6 Å². The van der Waals surface area contributed by atoms with Gasteiger partial charge in [-0.15, -0.1) is 0 Å². The first kappa shape index (κ1) is 20.6. The van der Waals surface area contributed by atoms with Crippen molar-refractivity contribution in [3.05, 3.63) is 52.0 Å². The van der Waals surface area contributed by atoms with E-state index in [0.29, 0.717) is 23.5 Å². The lowest BCUT2D eigenvalue weighted by Crippen LogP contribution is -2.41. The maximum absolute atomic E-state index is 13.2. The van der Waals surface area contributed by atoms with Crippen LogP contribution >= 0.6 is 15.9 Å². The van der Waals surface area contributed by atoms with Crippen LogP contribution in [0.2, 0.25) is 0 Å². The van der Waals surface area contributed by atoms with Gasteiger partial charge in [-0.1, -0.05) is 15.9 Å². The first-order valence-electron chi connectivity index (χ1n) is 8.52. The molecular weight excluding hydrogens is 450 g/mol. The molecule has 0 fully saturated rings. The third kappa shape index (κ3) is 3.87. The van der Waals surface area contributed by atoms with Crippen LogP contribution in [0.5, 0.6) is 11.5 Å². The highest BCUT2D eigenvalue weighted by molar-refractivity contribution is 9.10. The van der Waals surface area contributed by atoms with Crippen molar-refractivity contribution in [2.75, 3.05) is 20.8 Å². The summed E-state index contributed by atoms with van der Waals surface area (Å²) in [5.74, 6) is -0.122. The van der Waals surface area contributed by atoms with E-state index in [1.807, 2.05) is 0 Å². The van der Waals surface area contributed by atoms with Gasteiger partial charge in [-0.05, 0) is 53.9 Å². The molecule has 2 aromatic carbocycles. The molecule has 150 valence electrons. The molecule has 0 saturated heterocycles. The summed E-state index contributed by atoms with van der Waals surface area (Å²) in [6.07, 6.45) is 0.0970. The Labute approximate surface area is 172 Å². The zero-order chi connectivity index (χ0) is 20.5. The van der Waals surface area contributed by atoms with Gasteiger partial charge in [0.2, 0.25) is 10.0 Å². The fourth-order valence-corrected chi connectivity index (χ4v) is 5.28. The molecule has 3 rings (SSSR count). The smallest absolute Gasteiger partial charge is 0.305 e. The second-order valence-corrected chi connectivity index (χ2v) is 9.15. The SMILES string of the molecule is COc1cc2c(cc1OC)[C@H](CC(=O)O)N(S(=O)(=O)c1ccc(Br)cc1)CC2. The summed E-state index contributed by atoms with van der Waals surface area (Å²) < 4.78 is 39.1. The molecule has 7 nitrogen and oxygen atoms in total. The Morgan fingerprint density at radius 3 is 2.36 bits per heavy atom. The summed E-state index contributed by atoms with van der Waals surface area (Å²) in [5, 5.41) is 9.43. The number of halogens is 1. The zero-order valence-corrected chi connectivity index (χ0v) is 17.8. The average molecular weight is 470 g/mol. The number of carboxylic acid groups (broad SMARTS) is 1. The Morgan fingerprint density at radius 1 is 1.18 bits per heavy atom.